The van der Waals surface area contributed by atoms with Gasteiger partial charge in [-0.25, -0.2) is 0 Å². The van der Waals surface area contributed by atoms with Crippen molar-refractivity contribution in [2.45, 2.75) is 38.3 Å². The minimum absolute atomic E-state index is 0.0313. The predicted molar refractivity (Wildman–Crippen MR) is 37.5 cm³/mol. The maximum atomic E-state index is 10.7. The van der Waals surface area contributed by atoms with Gasteiger partial charge < -0.3 is 10.4 Å². The topological polar surface area (TPSA) is 49.3 Å². The minimum atomic E-state index is -0.296. The summed E-state index contributed by atoms with van der Waals surface area (Å²) in [6.45, 7) is 1.81. The van der Waals surface area contributed by atoms with Crippen molar-refractivity contribution in [2.75, 3.05) is 0 Å². The lowest BCUT2D eigenvalue weighted by molar-refractivity contribution is -0.123. The van der Waals surface area contributed by atoms with Crippen molar-refractivity contribution in [3.05, 3.63) is 0 Å². The van der Waals surface area contributed by atoms with Gasteiger partial charge in [0, 0.05) is 6.42 Å². The lowest BCUT2D eigenvalue weighted by atomic mass is 9.89. The summed E-state index contributed by atoms with van der Waals surface area (Å²) in [6.07, 6.45) is 1.96. The van der Waals surface area contributed by atoms with Gasteiger partial charge in [0.25, 0.3) is 0 Å². The standard InChI is InChI=1S/C7H13NO2/c1-2-7(10)8-5-3-4-6(5)9/h5-6,9H,2-4H2,1H3,(H,8,10)/t5?,6-/m0/s1. The zero-order valence-electron chi connectivity index (χ0n) is 6.13. The molecule has 0 radical (unpaired) electrons. The third-order valence-electron chi connectivity index (χ3n) is 1.91. The van der Waals surface area contributed by atoms with E-state index in [1.54, 1.807) is 6.92 Å². The lowest BCUT2D eigenvalue weighted by Gasteiger charge is -2.32. The molecular formula is C7H13NO2. The molecule has 2 N–H and O–H groups in total. The Morgan fingerprint density at radius 2 is 2.40 bits per heavy atom. The van der Waals surface area contributed by atoms with Crippen molar-refractivity contribution >= 4 is 5.91 Å². The van der Waals surface area contributed by atoms with Gasteiger partial charge in [-0.1, -0.05) is 6.92 Å². The van der Waals surface area contributed by atoms with Crippen molar-refractivity contribution in [3.63, 3.8) is 0 Å². The highest BCUT2D eigenvalue weighted by atomic mass is 16.3. The van der Waals surface area contributed by atoms with Crippen LogP contribution in [-0.4, -0.2) is 23.2 Å². The Hall–Kier alpha value is -0.570. The molecule has 1 unspecified atom stereocenters. The fourth-order valence-corrected chi connectivity index (χ4v) is 0.960. The van der Waals surface area contributed by atoms with Gasteiger partial charge in [0.15, 0.2) is 0 Å². The van der Waals surface area contributed by atoms with Gasteiger partial charge in [-0.3, -0.25) is 4.79 Å². The first-order valence-electron chi connectivity index (χ1n) is 3.71. The maximum Gasteiger partial charge on any atom is 0.220 e. The van der Waals surface area contributed by atoms with Crippen molar-refractivity contribution in [1.82, 2.24) is 5.32 Å². The molecule has 0 aromatic heterocycles. The number of amides is 1. The van der Waals surface area contributed by atoms with Crippen molar-refractivity contribution in [3.8, 4) is 0 Å². The molecule has 3 heteroatoms. The van der Waals surface area contributed by atoms with E-state index in [1.807, 2.05) is 0 Å². The van der Waals surface area contributed by atoms with E-state index in [-0.39, 0.29) is 18.1 Å². The fraction of sp³-hybridized carbons (Fsp3) is 0.857. The number of aliphatic hydroxyl groups is 1. The summed E-state index contributed by atoms with van der Waals surface area (Å²) in [5, 5.41) is 11.8. The van der Waals surface area contributed by atoms with Crippen molar-refractivity contribution in [1.29, 1.82) is 0 Å². The van der Waals surface area contributed by atoms with Gasteiger partial charge in [-0.05, 0) is 12.8 Å². The van der Waals surface area contributed by atoms with Crippen LogP contribution in [0.2, 0.25) is 0 Å². The Morgan fingerprint density at radius 1 is 1.70 bits per heavy atom. The van der Waals surface area contributed by atoms with Crippen LogP contribution in [0.4, 0.5) is 0 Å². The zero-order chi connectivity index (χ0) is 7.56. The number of aliphatic hydroxyl groups excluding tert-OH is 1. The largest absolute Gasteiger partial charge is 0.391 e. The smallest absolute Gasteiger partial charge is 0.220 e. The van der Waals surface area contributed by atoms with Crippen molar-refractivity contribution < 1.29 is 9.90 Å². The Labute approximate surface area is 60.4 Å². The Kier molecular flexibility index (Phi) is 2.27. The summed E-state index contributed by atoms with van der Waals surface area (Å²) in [4.78, 5) is 10.7. The fourth-order valence-electron chi connectivity index (χ4n) is 0.960. The molecule has 1 saturated carbocycles. The van der Waals surface area contributed by atoms with Gasteiger partial charge >= 0.3 is 0 Å². The summed E-state index contributed by atoms with van der Waals surface area (Å²) < 4.78 is 0. The molecule has 0 aromatic rings. The third-order valence-corrected chi connectivity index (χ3v) is 1.91. The Bertz CT molecular complexity index is 136. The lowest BCUT2D eigenvalue weighted by Crippen LogP contribution is -2.49. The molecule has 0 bridgehead atoms. The molecule has 10 heavy (non-hydrogen) atoms. The van der Waals surface area contributed by atoms with Crippen molar-refractivity contribution in [2.24, 2.45) is 0 Å². The predicted octanol–water partition coefficient (Wildman–Crippen LogP) is 0.0359. The summed E-state index contributed by atoms with van der Waals surface area (Å²) in [5.41, 5.74) is 0. The van der Waals surface area contributed by atoms with Crippen LogP contribution in [0.1, 0.15) is 26.2 Å². The molecule has 1 fully saturated rings. The summed E-state index contributed by atoms with van der Waals surface area (Å²) >= 11 is 0. The van der Waals surface area contributed by atoms with E-state index in [0.717, 1.165) is 12.8 Å². The number of carbonyl (C=O) groups is 1. The number of rotatable bonds is 2. The van der Waals surface area contributed by atoms with Gasteiger partial charge in [-0.15, -0.1) is 0 Å². The van der Waals surface area contributed by atoms with Crippen LogP contribution >= 0.6 is 0 Å². The highest BCUT2D eigenvalue weighted by Crippen LogP contribution is 2.19. The summed E-state index contributed by atoms with van der Waals surface area (Å²) in [6, 6.07) is 0.0347. The first-order valence-corrected chi connectivity index (χ1v) is 3.71. The highest BCUT2D eigenvalue weighted by molar-refractivity contribution is 5.76. The molecule has 0 saturated heterocycles. The number of hydrogen-bond donors (Lipinski definition) is 2. The van der Waals surface area contributed by atoms with E-state index in [1.165, 1.54) is 0 Å². The van der Waals surface area contributed by atoms with Crippen LogP contribution in [-0.2, 0) is 4.79 Å². The first kappa shape index (κ1) is 7.54. The molecule has 0 heterocycles. The van der Waals surface area contributed by atoms with Crippen LogP contribution in [0.5, 0.6) is 0 Å². The quantitative estimate of drug-likeness (QED) is 0.573. The van der Waals surface area contributed by atoms with E-state index in [2.05, 4.69) is 5.32 Å². The van der Waals surface area contributed by atoms with E-state index >= 15 is 0 Å². The van der Waals surface area contributed by atoms with Crippen LogP contribution in [0.15, 0.2) is 0 Å². The number of hydrogen-bond acceptors (Lipinski definition) is 2. The summed E-state index contributed by atoms with van der Waals surface area (Å²) in [7, 11) is 0. The maximum absolute atomic E-state index is 10.7. The monoisotopic (exact) mass is 143 g/mol. The molecule has 0 aromatic carbocycles. The van der Waals surface area contributed by atoms with E-state index in [0.29, 0.717) is 6.42 Å². The molecule has 58 valence electrons. The first-order chi connectivity index (χ1) is 4.74. The minimum Gasteiger partial charge on any atom is -0.391 e. The molecule has 2 atom stereocenters. The van der Waals surface area contributed by atoms with Crippen LogP contribution < -0.4 is 5.32 Å². The average molecular weight is 143 g/mol. The second kappa shape index (κ2) is 3.01. The van der Waals surface area contributed by atoms with Gasteiger partial charge in [-0.2, -0.15) is 0 Å². The molecule has 1 rings (SSSR count). The molecular weight excluding hydrogens is 130 g/mol. The van der Waals surface area contributed by atoms with E-state index < -0.39 is 0 Å². The zero-order valence-corrected chi connectivity index (χ0v) is 6.13. The Morgan fingerprint density at radius 3 is 2.70 bits per heavy atom. The SMILES string of the molecule is CCC(=O)NC1CC[C@@H]1O. The molecule has 1 amide bonds. The van der Waals surface area contributed by atoms with E-state index in [4.69, 9.17) is 5.11 Å². The highest BCUT2D eigenvalue weighted by Gasteiger charge is 2.29. The van der Waals surface area contributed by atoms with E-state index in [9.17, 15) is 4.79 Å². The van der Waals surface area contributed by atoms with Crippen LogP contribution in [0.25, 0.3) is 0 Å². The molecule has 1 aliphatic rings. The second-order valence-electron chi connectivity index (χ2n) is 2.67. The third kappa shape index (κ3) is 1.48. The molecule has 3 nitrogen and oxygen atoms in total. The van der Waals surface area contributed by atoms with Crippen LogP contribution in [0.3, 0.4) is 0 Å². The Balaban J connectivity index is 2.19. The van der Waals surface area contributed by atoms with Crippen LogP contribution in [0, 0.1) is 0 Å². The molecule has 1 aliphatic carbocycles. The normalized spacial score (nSPS) is 31.0. The van der Waals surface area contributed by atoms with Gasteiger partial charge in [0.05, 0.1) is 12.1 Å². The molecule has 0 spiro atoms. The number of carbonyl (C=O) groups excluding carboxylic acids is 1. The average Bonchev–Trinajstić information content (AvgIpc) is 1.96. The molecule has 0 aliphatic heterocycles. The second-order valence-corrected chi connectivity index (χ2v) is 2.67. The van der Waals surface area contributed by atoms with Gasteiger partial charge in [0.1, 0.15) is 0 Å². The van der Waals surface area contributed by atoms with Gasteiger partial charge in [0.2, 0.25) is 5.91 Å². The summed E-state index contributed by atoms with van der Waals surface area (Å²) in [5.74, 6) is 0.0313. The number of nitrogens with one attached hydrogen (secondary N) is 1.